The van der Waals surface area contributed by atoms with Gasteiger partial charge in [0, 0.05) is 0 Å². The molecule has 14 heavy (non-hydrogen) atoms. The predicted molar refractivity (Wildman–Crippen MR) is 46.7 cm³/mol. The summed E-state index contributed by atoms with van der Waals surface area (Å²) < 4.78 is 1.35. The number of aromatic nitrogens is 5. The highest BCUT2D eigenvalue weighted by atomic mass is 35.5. The molecule has 0 atom stereocenters. The van der Waals surface area contributed by atoms with Gasteiger partial charge in [0.1, 0.15) is 12.4 Å². The molecule has 0 fully saturated rings. The zero-order valence-corrected chi connectivity index (χ0v) is 7.55. The van der Waals surface area contributed by atoms with Gasteiger partial charge >= 0.3 is 0 Å². The summed E-state index contributed by atoms with van der Waals surface area (Å²) in [6, 6.07) is 5.02. The van der Waals surface area contributed by atoms with Gasteiger partial charge in [-0.05, 0) is 12.1 Å². The van der Waals surface area contributed by atoms with E-state index in [-0.39, 0.29) is 5.82 Å². The van der Waals surface area contributed by atoms with Crippen LogP contribution in [0.4, 0.5) is 0 Å². The van der Waals surface area contributed by atoms with Crippen molar-refractivity contribution < 1.29 is 0 Å². The Morgan fingerprint density at radius 1 is 1.36 bits per heavy atom. The molecule has 0 aromatic carbocycles. The molecule has 2 heterocycles. The lowest BCUT2D eigenvalue weighted by Gasteiger charge is -1.95. The van der Waals surface area contributed by atoms with Crippen LogP contribution in [0.2, 0.25) is 5.15 Å². The molecular weight excluding hydrogens is 204 g/mol. The van der Waals surface area contributed by atoms with Gasteiger partial charge in [-0.1, -0.05) is 11.6 Å². The number of nitrogens with zero attached hydrogens (tertiary/aromatic N) is 6. The fourth-order valence-electron chi connectivity index (χ4n) is 0.856. The van der Waals surface area contributed by atoms with Crippen molar-refractivity contribution in [2.75, 3.05) is 0 Å². The standard InChI is InChI=1S/C7H3ClN6/c8-5-1-2-7(12-11-5)14-4-10-6(3-9)13-14/h1-2,4H. The van der Waals surface area contributed by atoms with Gasteiger partial charge in [0.2, 0.25) is 0 Å². The summed E-state index contributed by atoms with van der Waals surface area (Å²) in [4.78, 5) is 3.72. The molecule has 6 nitrogen and oxygen atoms in total. The summed E-state index contributed by atoms with van der Waals surface area (Å²) in [6.07, 6.45) is 1.39. The molecule has 0 bridgehead atoms. The van der Waals surface area contributed by atoms with Crippen molar-refractivity contribution in [3.8, 4) is 11.9 Å². The lowest BCUT2D eigenvalue weighted by molar-refractivity contribution is 0.809. The van der Waals surface area contributed by atoms with Gasteiger partial charge in [-0.3, -0.25) is 0 Å². The van der Waals surface area contributed by atoms with E-state index in [4.69, 9.17) is 16.9 Å². The number of rotatable bonds is 1. The number of halogens is 1. The molecule has 2 aromatic heterocycles. The van der Waals surface area contributed by atoms with E-state index >= 15 is 0 Å². The molecule has 0 aliphatic carbocycles. The van der Waals surface area contributed by atoms with Gasteiger partial charge in [-0.2, -0.15) is 9.94 Å². The van der Waals surface area contributed by atoms with Crippen LogP contribution in [0.3, 0.4) is 0 Å². The van der Waals surface area contributed by atoms with Crippen molar-refractivity contribution in [3.63, 3.8) is 0 Å². The second kappa shape index (κ2) is 3.40. The van der Waals surface area contributed by atoms with Gasteiger partial charge in [-0.15, -0.1) is 15.3 Å². The van der Waals surface area contributed by atoms with Crippen LogP contribution in [0.1, 0.15) is 5.82 Å². The topological polar surface area (TPSA) is 80.3 Å². The first kappa shape index (κ1) is 8.59. The quantitative estimate of drug-likeness (QED) is 0.682. The maximum absolute atomic E-state index is 8.50. The second-order valence-corrected chi connectivity index (χ2v) is 2.73. The van der Waals surface area contributed by atoms with Crippen molar-refractivity contribution in [1.82, 2.24) is 25.0 Å². The molecule has 2 aromatic rings. The summed E-state index contributed by atoms with van der Waals surface area (Å²) in [5, 5.41) is 20.0. The molecule has 0 amide bonds. The van der Waals surface area contributed by atoms with Gasteiger partial charge in [0.25, 0.3) is 5.82 Å². The van der Waals surface area contributed by atoms with Crippen LogP contribution in [0.5, 0.6) is 0 Å². The number of hydrogen-bond acceptors (Lipinski definition) is 5. The Morgan fingerprint density at radius 3 is 2.79 bits per heavy atom. The Hall–Kier alpha value is -2.00. The average Bonchev–Trinajstić information content (AvgIpc) is 2.67. The Kier molecular flexibility index (Phi) is 2.08. The normalized spacial score (nSPS) is 9.71. The molecule has 2 rings (SSSR count). The van der Waals surface area contributed by atoms with Crippen LogP contribution < -0.4 is 0 Å². The fourth-order valence-corrected chi connectivity index (χ4v) is 0.957. The Balaban J connectivity index is 2.40. The minimum absolute atomic E-state index is 0.0850. The molecule has 0 N–H and O–H groups in total. The van der Waals surface area contributed by atoms with E-state index in [0.29, 0.717) is 11.0 Å². The van der Waals surface area contributed by atoms with E-state index in [1.165, 1.54) is 11.0 Å². The summed E-state index contributed by atoms with van der Waals surface area (Å²) in [5.74, 6) is 0.546. The number of nitriles is 1. The van der Waals surface area contributed by atoms with Gasteiger partial charge in [0.05, 0.1) is 0 Å². The van der Waals surface area contributed by atoms with E-state index in [9.17, 15) is 0 Å². The minimum Gasteiger partial charge on any atom is -0.206 e. The van der Waals surface area contributed by atoms with Gasteiger partial charge in [0.15, 0.2) is 11.0 Å². The highest BCUT2D eigenvalue weighted by Gasteiger charge is 2.02. The predicted octanol–water partition coefficient (Wildman–Crippen LogP) is 0.582. The van der Waals surface area contributed by atoms with Crippen molar-refractivity contribution in [2.24, 2.45) is 0 Å². The average molecular weight is 207 g/mol. The minimum atomic E-state index is 0.0850. The van der Waals surface area contributed by atoms with Crippen molar-refractivity contribution in [2.45, 2.75) is 0 Å². The van der Waals surface area contributed by atoms with Crippen LogP contribution in [0.15, 0.2) is 18.5 Å². The van der Waals surface area contributed by atoms with E-state index in [1.807, 2.05) is 6.07 Å². The molecule has 0 saturated carbocycles. The summed E-state index contributed by atoms with van der Waals surface area (Å²) in [6.45, 7) is 0. The lowest BCUT2D eigenvalue weighted by atomic mass is 10.5. The van der Waals surface area contributed by atoms with E-state index in [0.717, 1.165) is 0 Å². The highest BCUT2D eigenvalue weighted by Crippen LogP contribution is 2.05. The van der Waals surface area contributed by atoms with Gasteiger partial charge < -0.3 is 0 Å². The molecule has 0 aliphatic rings. The van der Waals surface area contributed by atoms with E-state index in [1.54, 1.807) is 12.1 Å². The Labute approximate surface area is 83.8 Å². The fraction of sp³-hybridized carbons (Fsp3) is 0. The highest BCUT2D eigenvalue weighted by molar-refractivity contribution is 6.29. The van der Waals surface area contributed by atoms with Crippen LogP contribution >= 0.6 is 11.6 Å². The number of hydrogen-bond donors (Lipinski definition) is 0. The molecule has 0 radical (unpaired) electrons. The Bertz CT molecular complexity index is 482. The summed E-state index contributed by atoms with van der Waals surface area (Å²) in [5.41, 5.74) is 0. The van der Waals surface area contributed by atoms with Crippen LogP contribution in [0.25, 0.3) is 5.82 Å². The van der Waals surface area contributed by atoms with Crippen LogP contribution in [0, 0.1) is 11.3 Å². The smallest absolute Gasteiger partial charge is 0.206 e. The SMILES string of the molecule is N#Cc1ncn(-c2ccc(Cl)nn2)n1. The van der Waals surface area contributed by atoms with Crippen molar-refractivity contribution in [1.29, 1.82) is 5.26 Å². The lowest BCUT2D eigenvalue weighted by Crippen LogP contribution is -1.99. The van der Waals surface area contributed by atoms with Crippen LogP contribution in [-0.2, 0) is 0 Å². The monoisotopic (exact) mass is 206 g/mol. The maximum Gasteiger partial charge on any atom is 0.252 e. The van der Waals surface area contributed by atoms with Crippen molar-refractivity contribution >= 4 is 11.6 Å². The van der Waals surface area contributed by atoms with E-state index in [2.05, 4.69) is 20.3 Å². The van der Waals surface area contributed by atoms with Gasteiger partial charge in [-0.25, -0.2) is 4.98 Å². The third-order valence-corrected chi connectivity index (χ3v) is 1.65. The summed E-state index contributed by atoms with van der Waals surface area (Å²) in [7, 11) is 0. The first-order valence-corrected chi connectivity index (χ1v) is 3.99. The molecular formula is C7H3ClN6. The zero-order chi connectivity index (χ0) is 9.97. The largest absolute Gasteiger partial charge is 0.252 e. The molecule has 0 spiro atoms. The third kappa shape index (κ3) is 1.53. The summed E-state index contributed by atoms with van der Waals surface area (Å²) >= 11 is 5.56. The molecule has 7 heteroatoms. The third-order valence-electron chi connectivity index (χ3n) is 1.44. The maximum atomic E-state index is 8.50. The van der Waals surface area contributed by atoms with E-state index < -0.39 is 0 Å². The Morgan fingerprint density at radius 2 is 2.21 bits per heavy atom. The van der Waals surface area contributed by atoms with Crippen molar-refractivity contribution in [3.05, 3.63) is 29.4 Å². The zero-order valence-electron chi connectivity index (χ0n) is 6.79. The molecule has 0 unspecified atom stereocenters. The molecule has 0 aliphatic heterocycles. The first-order valence-electron chi connectivity index (χ1n) is 3.61. The molecule has 0 saturated heterocycles. The second-order valence-electron chi connectivity index (χ2n) is 2.34. The first-order chi connectivity index (χ1) is 6.79. The molecule has 68 valence electrons. The van der Waals surface area contributed by atoms with Crippen LogP contribution in [-0.4, -0.2) is 25.0 Å².